The van der Waals surface area contributed by atoms with Crippen LogP contribution in [0.2, 0.25) is 5.02 Å². The largest absolute Gasteiger partial charge is 0.371 e. The predicted molar refractivity (Wildman–Crippen MR) is 84.7 cm³/mol. The van der Waals surface area contributed by atoms with Crippen molar-refractivity contribution in [2.75, 3.05) is 6.54 Å². The summed E-state index contributed by atoms with van der Waals surface area (Å²) in [6.07, 6.45) is 3.45. The quantitative estimate of drug-likeness (QED) is 0.924. The summed E-state index contributed by atoms with van der Waals surface area (Å²) in [6.45, 7) is 4.60. The van der Waals surface area contributed by atoms with Gasteiger partial charge in [0.05, 0.1) is 28.0 Å². The second kappa shape index (κ2) is 6.25. The molecule has 122 valence electrons. The molecule has 23 heavy (non-hydrogen) atoms. The Morgan fingerprint density at radius 3 is 2.96 bits per heavy atom. The molecule has 1 saturated heterocycles. The molecule has 8 heteroatoms. The Balaban J connectivity index is 1.64. The van der Waals surface area contributed by atoms with E-state index in [0.29, 0.717) is 22.8 Å². The van der Waals surface area contributed by atoms with Gasteiger partial charge in [-0.25, -0.2) is 4.68 Å². The van der Waals surface area contributed by atoms with E-state index in [1.807, 2.05) is 0 Å². The van der Waals surface area contributed by atoms with E-state index in [9.17, 15) is 4.79 Å². The summed E-state index contributed by atoms with van der Waals surface area (Å²) >= 11 is 6.21. The molecule has 1 aliphatic heterocycles. The summed E-state index contributed by atoms with van der Waals surface area (Å²) in [4.78, 5) is 12.3. The Morgan fingerprint density at radius 1 is 1.52 bits per heavy atom. The van der Waals surface area contributed by atoms with Gasteiger partial charge in [-0.05, 0) is 55.3 Å². The van der Waals surface area contributed by atoms with Gasteiger partial charge in [0.1, 0.15) is 6.33 Å². The lowest BCUT2D eigenvalue weighted by molar-refractivity contribution is -0.0138. The third kappa shape index (κ3) is 3.68. The van der Waals surface area contributed by atoms with Crippen LogP contribution < -0.4 is 5.32 Å². The minimum absolute atomic E-state index is 0.0493. The number of ether oxygens (including phenoxy) is 1. The monoisotopic (exact) mass is 335 g/mol. The summed E-state index contributed by atoms with van der Waals surface area (Å²) in [6, 6.07) is 5.06. The number of tetrazole rings is 1. The van der Waals surface area contributed by atoms with Crippen LogP contribution in [0.4, 0.5) is 0 Å². The van der Waals surface area contributed by atoms with Crippen molar-refractivity contribution in [2.45, 2.75) is 38.4 Å². The van der Waals surface area contributed by atoms with Gasteiger partial charge in [0, 0.05) is 6.54 Å². The summed E-state index contributed by atoms with van der Waals surface area (Å²) in [5.74, 6) is -0.216. The van der Waals surface area contributed by atoms with E-state index in [1.54, 1.807) is 18.2 Å². The van der Waals surface area contributed by atoms with Crippen LogP contribution in [0.25, 0.3) is 5.69 Å². The van der Waals surface area contributed by atoms with E-state index in [4.69, 9.17) is 16.3 Å². The Morgan fingerprint density at radius 2 is 2.35 bits per heavy atom. The number of carbonyl (C=O) groups is 1. The first-order chi connectivity index (χ1) is 10.9. The lowest BCUT2D eigenvalue weighted by atomic mass is 10.1. The van der Waals surface area contributed by atoms with E-state index in [-0.39, 0.29) is 17.6 Å². The van der Waals surface area contributed by atoms with Gasteiger partial charge < -0.3 is 10.1 Å². The van der Waals surface area contributed by atoms with E-state index >= 15 is 0 Å². The highest BCUT2D eigenvalue weighted by Gasteiger charge is 2.31. The first kappa shape index (κ1) is 15.9. The fourth-order valence-electron chi connectivity index (χ4n) is 2.63. The van der Waals surface area contributed by atoms with Crippen molar-refractivity contribution >= 4 is 17.5 Å². The number of amides is 1. The van der Waals surface area contributed by atoms with Gasteiger partial charge in [0.25, 0.3) is 5.91 Å². The molecule has 0 radical (unpaired) electrons. The molecule has 0 bridgehead atoms. The summed E-state index contributed by atoms with van der Waals surface area (Å²) in [5.41, 5.74) is 0.999. The number of hydrogen-bond acceptors (Lipinski definition) is 5. The average Bonchev–Trinajstić information content (AvgIpc) is 3.14. The molecular weight excluding hydrogens is 318 g/mol. The molecule has 1 fully saturated rings. The smallest absolute Gasteiger partial charge is 0.252 e. The Hall–Kier alpha value is -1.99. The summed E-state index contributed by atoms with van der Waals surface area (Å²) in [5, 5.41) is 14.1. The zero-order valence-electron chi connectivity index (χ0n) is 13.0. The lowest BCUT2D eigenvalue weighted by Gasteiger charge is -2.19. The number of rotatable bonds is 4. The van der Waals surface area contributed by atoms with Crippen molar-refractivity contribution in [3.05, 3.63) is 35.1 Å². The lowest BCUT2D eigenvalue weighted by Crippen LogP contribution is -2.33. The molecule has 1 aliphatic rings. The fourth-order valence-corrected chi connectivity index (χ4v) is 2.89. The molecular formula is C15H18ClN5O2. The number of aromatic nitrogens is 4. The molecule has 1 aromatic heterocycles. The van der Waals surface area contributed by atoms with Crippen LogP contribution in [0.3, 0.4) is 0 Å². The number of halogens is 1. The molecule has 1 unspecified atom stereocenters. The van der Waals surface area contributed by atoms with Gasteiger partial charge in [0.15, 0.2) is 0 Å². The number of nitrogens with one attached hydrogen (secondary N) is 1. The molecule has 1 N–H and O–H groups in total. The van der Waals surface area contributed by atoms with Gasteiger partial charge in [-0.3, -0.25) is 4.79 Å². The number of hydrogen-bond donors (Lipinski definition) is 1. The molecule has 0 spiro atoms. The van der Waals surface area contributed by atoms with Gasteiger partial charge in [-0.2, -0.15) is 0 Å². The van der Waals surface area contributed by atoms with Crippen LogP contribution in [0.5, 0.6) is 0 Å². The maximum atomic E-state index is 12.3. The molecule has 3 rings (SSSR count). The second-order valence-corrected chi connectivity index (χ2v) is 6.57. The highest BCUT2D eigenvalue weighted by atomic mass is 35.5. The molecule has 1 atom stereocenters. The van der Waals surface area contributed by atoms with E-state index in [1.165, 1.54) is 11.0 Å². The van der Waals surface area contributed by atoms with Crippen molar-refractivity contribution in [1.82, 2.24) is 25.5 Å². The normalized spacial score (nSPS) is 19.7. The standard InChI is InChI=1S/C15H18ClN5O2/c1-15(2)6-5-11(23-15)8-17-14(22)12-4-3-10(7-13(12)16)21-9-18-19-20-21/h3-4,7,9,11H,5-6,8H2,1-2H3,(H,17,22). The van der Waals surface area contributed by atoms with Crippen molar-refractivity contribution in [2.24, 2.45) is 0 Å². The molecule has 1 aromatic carbocycles. The molecule has 0 aliphatic carbocycles. The van der Waals surface area contributed by atoms with Crippen molar-refractivity contribution in [1.29, 1.82) is 0 Å². The summed E-state index contributed by atoms with van der Waals surface area (Å²) in [7, 11) is 0. The fraction of sp³-hybridized carbons (Fsp3) is 0.467. The van der Waals surface area contributed by atoms with Crippen molar-refractivity contribution in [3.63, 3.8) is 0 Å². The van der Waals surface area contributed by atoms with Crippen LogP contribution >= 0.6 is 11.6 Å². The minimum Gasteiger partial charge on any atom is -0.371 e. The SMILES string of the molecule is CC1(C)CCC(CNC(=O)c2ccc(-n3cnnn3)cc2Cl)O1. The van der Waals surface area contributed by atoms with Gasteiger partial charge in [-0.15, -0.1) is 5.10 Å². The first-order valence-corrected chi connectivity index (χ1v) is 7.81. The highest BCUT2D eigenvalue weighted by molar-refractivity contribution is 6.34. The van der Waals surface area contributed by atoms with Gasteiger partial charge in [0.2, 0.25) is 0 Å². The maximum Gasteiger partial charge on any atom is 0.252 e. The van der Waals surface area contributed by atoms with Crippen LogP contribution in [0, 0.1) is 0 Å². The number of carbonyl (C=O) groups excluding carboxylic acids is 1. The zero-order chi connectivity index (χ0) is 16.4. The topological polar surface area (TPSA) is 81.9 Å². The molecule has 2 heterocycles. The summed E-state index contributed by atoms with van der Waals surface area (Å²) < 4.78 is 7.33. The predicted octanol–water partition coefficient (Wildman–Crippen LogP) is 2.00. The van der Waals surface area contributed by atoms with Crippen molar-refractivity contribution < 1.29 is 9.53 Å². The Bertz CT molecular complexity index is 702. The van der Waals surface area contributed by atoms with Gasteiger partial charge >= 0.3 is 0 Å². The molecule has 0 saturated carbocycles. The highest BCUT2D eigenvalue weighted by Crippen LogP contribution is 2.29. The number of benzene rings is 1. The van der Waals surface area contributed by atoms with Crippen LogP contribution in [-0.2, 0) is 4.74 Å². The molecule has 1 amide bonds. The van der Waals surface area contributed by atoms with Gasteiger partial charge in [-0.1, -0.05) is 11.6 Å². The first-order valence-electron chi connectivity index (χ1n) is 7.43. The van der Waals surface area contributed by atoms with E-state index in [2.05, 4.69) is 34.7 Å². The average molecular weight is 336 g/mol. The van der Waals surface area contributed by atoms with Crippen LogP contribution in [0.1, 0.15) is 37.0 Å². The number of nitrogens with zero attached hydrogens (tertiary/aromatic N) is 4. The Kier molecular flexibility index (Phi) is 4.32. The maximum absolute atomic E-state index is 12.3. The Labute approximate surface area is 139 Å². The third-order valence-electron chi connectivity index (χ3n) is 3.86. The minimum atomic E-state index is -0.216. The van der Waals surface area contributed by atoms with E-state index < -0.39 is 0 Å². The van der Waals surface area contributed by atoms with Crippen LogP contribution in [-0.4, -0.2) is 44.4 Å². The van der Waals surface area contributed by atoms with Crippen molar-refractivity contribution in [3.8, 4) is 5.69 Å². The van der Waals surface area contributed by atoms with E-state index in [0.717, 1.165) is 12.8 Å². The third-order valence-corrected chi connectivity index (χ3v) is 4.17. The zero-order valence-corrected chi connectivity index (χ0v) is 13.7. The second-order valence-electron chi connectivity index (χ2n) is 6.17. The molecule has 2 aromatic rings. The van der Waals surface area contributed by atoms with Crippen LogP contribution in [0.15, 0.2) is 24.5 Å². The molecule has 7 nitrogen and oxygen atoms in total.